The topological polar surface area (TPSA) is 12.0 Å². The van der Waals surface area contributed by atoms with Gasteiger partial charge in [-0.1, -0.05) is 26.0 Å². The van der Waals surface area contributed by atoms with E-state index in [-0.39, 0.29) is 11.4 Å². The number of hydrogen-bond acceptors (Lipinski definition) is 1. The summed E-state index contributed by atoms with van der Waals surface area (Å²) in [5.74, 6) is 0.696. The lowest BCUT2D eigenvalue weighted by Crippen LogP contribution is -2.39. The summed E-state index contributed by atoms with van der Waals surface area (Å²) in [6.45, 7) is 11.8. The van der Waals surface area contributed by atoms with Crippen LogP contribution in [0.5, 0.6) is 0 Å². The van der Waals surface area contributed by atoms with Crippen LogP contribution in [0.15, 0.2) is 24.3 Å². The average Bonchev–Trinajstić information content (AvgIpc) is 2.24. The van der Waals surface area contributed by atoms with Crippen LogP contribution in [0, 0.1) is 11.7 Å². The van der Waals surface area contributed by atoms with Crippen LogP contribution in [0.4, 0.5) is 4.39 Å². The van der Waals surface area contributed by atoms with E-state index in [2.05, 4.69) is 39.9 Å². The minimum atomic E-state index is -0.148. The summed E-state index contributed by atoms with van der Waals surface area (Å²) < 4.78 is 13.2. The molecule has 0 heterocycles. The number of benzene rings is 1. The quantitative estimate of drug-likeness (QED) is 0.836. The second-order valence-electron chi connectivity index (χ2n) is 5.95. The molecule has 17 heavy (non-hydrogen) atoms. The molecule has 2 atom stereocenters. The molecular weight excluding hydrogens is 213 g/mol. The molecule has 0 bridgehead atoms. The van der Waals surface area contributed by atoms with Crippen molar-refractivity contribution in [3.63, 3.8) is 0 Å². The van der Waals surface area contributed by atoms with Gasteiger partial charge in [0.25, 0.3) is 0 Å². The molecule has 0 radical (unpaired) electrons. The predicted molar refractivity (Wildman–Crippen MR) is 71.7 cm³/mol. The SMILES string of the molecule is CC(CNC(C)(C)C)C(C)c1cccc(F)c1. The van der Waals surface area contributed by atoms with Crippen molar-refractivity contribution in [1.29, 1.82) is 0 Å². The van der Waals surface area contributed by atoms with E-state index in [1.165, 1.54) is 6.07 Å². The molecule has 96 valence electrons. The van der Waals surface area contributed by atoms with Crippen LogP contribution in [0.3, 0.4) is 0 Å². The second kappa shape index (κ2) is 5.63. The van der Waals surface area contributed by atoms with Crippen molar-refractivity contribution in [1.82, 2.24) is 5.32 Å². The molecule has 0 aromatic heterocycles. The van der Waals surface area contributed by atoms with Gasteiger partial charge in [-0.05, 0) is 56.8 Å². The fourth-order valence-electron chi connectivity index (χ4n) is 1.76. The van der Waals surface area contributed by atoms with Gasteiger partial charge in [0.2, 0.25) is 0 Å². The standard InChI is InChI=1S/C15H24FN/c1-11(10-17-15(3,4)5)12(2)13-7-6-8-14(16)9-13/h6-9,11-12,17H,10H2,1-5H3. The summed E-state index contributed by atoms with van der Waals surface area (Å²) in [6.07, 6.45) is 0. The molecular formula is C15H24FN. The van der Waals surface area contributed by atoms with E-state index in [9.17, 15) is 4.39 Å². The van der Waals surface area contributed by atoms with Crippen LogP contribution in [-0.4, -0.2) is 12.1 Å². The van der Waals surface area contributed by atoms with Crippen molar-refractivity contribution in [2.75, 3.05) is 6.54 Å². The van der Waals surface area contributed by atoms with Crippen LogP contribution >= 0.6 is 0 Å². The molecule has 1 aromatic rings. The van der Waals surface area contributed by atoms with Crippen LogP contribution in [0.2, 0.25) is 0 Å². The third kappa shape index (κ3) is 4.86. The van der Waals surface area contributed by atoms with Crippen LogP contribution in [0.25, 0.3) is 0 Å². The molecule has 0 aliphatic carbocycles. The highest BCUT2D eigenvalue weighted by Gasteiger charge is 2.17. The van der Waals surface area contributed by atoms with Gasteiger partial charge in [0.1, 0.15) is 5.82 Å². The third-order valence-electron chi connectivity index (χ3n) is 3.18. The van der Waals surface area contributed by atoms with E-state index in [0.29, 0.717) is 11.8 Å². The Morgan fingerprint density at radius 3 is 2.41 bits per heavy atom. The van der Waals surface area contributed by atoms with Crippen molar-refractivity contribution in [3.05, 3.63) is 35.6 Å². The van der Waals surface area contributed by atoms with Gasteiger partial charge in [0, 0.05) is 5.54 Å². The molecule has 0 amide bonds. The van der Waals surface area contributed by atoms with Gasteiger partial charge in [-0.25, -0.2) is 4.39 Å². The first-order valence-corrected chi connectivity index (χ1v) is 6.30. The maximum atomic E-state index is 13.2. The summed E-state index contributed by atoms with van der Waals surface area (Å²) >= 11 is 0. The molecule has 1 nitrogen and oxygen atoms in total. The van der Waals surface area contributed by atoms with Crippen molar-refractivity contribution in [2.45, 2.75) is 46.1 Å². The number of nitrogens with one attached hydrogen (secondary N) is 1. The fraction of sp³-hybridized carbons (Fsp3) is 0.600. The molecule has 2 unspecified atom stereocenters. The highest BCUT2D eigenvalue weighted by atomic mass is 19.1. The minimum Gasteiger partial charge on any atom is -0.312 e. The predicted octanol–water partition coefficient (Wildman–Crippen LogP) is 3.95. The van der Waals surface area contributed by atoms with E-state index >= 15 is 0 Å². The highest BCUT2D eigenvalue weighted by Crippen LogP contribution is 2.24. The average molecular weight is 237 g/mol. The Kier molecular flexibility index (Phi) is 4.70. The Hall–Kier alpha value is -0.890. The van der Waals surface area contributed by atoms with Gasteiger partial charge in [0.05, 0.1) is 0 Å². The summed E-state index contributed by atoms with van der Waals surface area (Å²) in [5, 5.41) is 3.49. The zero-order valence-electron chi connectivity index (χ0n) is 11.5. The molecule has 2 heteroatoms. The van der Waals surface area contributed by atoms with Gasteiger partial charge in [-0.15, -0.1) is 0 Å². The van der Waals surface area contributed by atoms with E-state index in [0.717, 1.165) is 12.1 Å². The first-order valence-electron chi connectivity index (χ1n) is 6.30. The first-order chi connectivity index (χ1) is 7.79. The molecule has 0 saturated carbocycles. The molecule has 1 rings (SSSR count). The van der Waals surface area contributed by atoms with E-state index < -0.39 is 0 Å². The summed E-state index contributed by atoms with van der Waals surface area (Å²) in [7, 11) is 0. The summed E-state index contributed by atoms with van der Waals surface area (Å²) in [6, 6.07) is 6.92. The van der Waals surface area contributed by atoms with Crippen molar-refractivity contribution >= 4 is 0 Å². The zero-order chi connectivity index (χ0) is 13.1. The molecule has 0 aliphatic heterocycles. The molecule has 0 spiro atoms. The van der Waals surface area contributed by atoms with Crippen molar-refractivity contribution < 1.29 is 4.39 Å². The smallest absolute Gasteiger partial charge is 0.123 e. The Labute approximate surface area is 104 Å². The van der Waals surface area contributed by atoms with Gasteiger partial charge in [-0.3, -0.25) is 0 Å². The number of halogens is 1. The summed E-state index contributed by atoms with van der Waals surface area (Å²) in [4.78, 5) is 0. The number of hydrogen-bond donors (Lipinski definition) is 1. The highest BCUT2D eigenvalue weighted by molar-refractivity contribution is 5.20. The molecule has 0 aliphatic rings. The van der Waals surface area contributed by atoms with Crippen LogP contribution in [-0.2, 0) is 0 Å². The largest absolute Gasteiger partial charge is 0.312 e. The summed E-state index contributed by atoms with van der Waals surface area (Å²) in [5.41, 5.74) is 1.21. The lowest BCUT2D eigenvalue weighted by atomic mass is 9.88. The van der Waals surface area contributed by atoms with E-state index in [1.54, 1.807) is 12.1 Å². The molecule has 0 fully saturated rings. The molecule has 1 N–H and O–H groups in total. The molecule has 0 saturated heterocycles. The van der Waals surface area contributed by atoms with Gasteiger partial charge in [0.15, 0.2) is 0 Å². The normalized spacial score (nSPS) is 15.6. The van der Waals surface area contributed by atoms with Crippen LogP contribution < -0.4 is 5.32 Å². The minimum absolute atomic E-state index is 0.135. The Morgan fingerprint density at radius 2 is 1.88 bits per heavy atom. The molecule has 1 aromatic carbocycles. The lowest BCUT2D eigenvalue weighted by Gasteiger charge is -2.27. The first kappa shape index (κ1) is 14.2. The Bertz CT molecular complexity index is 354. The second-order valence-corrected chi connectivity index (χ2v) is 5.95. The monoisotopic (exact) mass is 237 g/mol. The van der Waals surface area contributed by atoms with Gasteiger partial charge in [-0.2, -0.15) is 0 Å². The fourth-order valence-corrected chi connectivity index (χ4v) is 1.76. The van der Waals surface area contributed by atoms with E-state index in [4.69, 9.17) is 0 Å². The van der Waals surface area contributed by atoms with Crippen molar-refractivity contribution in [2.24, 2.45) is 5.92 Å². The Morgan fingerprint density at radius 1 is 1.24 bits per heavy atom. The van der Waals surface area contributed by atoms with Gasteiger partial charge < -0.3 is 5.32 Å². The maximum absolute atomic E-state index is 13.2. The third-order valence-corrected chi connectivity index (χ3v) is 3.18. The van der Waals surface area contributed by atoms with Crippen molar-refractivity contribution in [3.8, 4) is 0 Å². The number of rotatable bonds is 4. The lowest BCUT2D eigenvalue weighted by molar-refractivity contribution is 0.359. The van der Waals surface area contributed by atoms with Crippen LogP contribution in [0.1, 0.15) is 46.1 Å². The maximum Gasteiger partial charge on any atom is 0.123 e. The Balaban J connectivity index is 2.60. The van der Waals surface area contributed by atoms with E-state index in [1.807, 2.05) is 6.07 Å². The van der Waals surface area contributed by atoms with Gasteiger partial charge >= 0.3 is 0 Å². The zero-order valence-corrected chi connectivity index (χ0v) is 11.5.